The molecule has 1 aromatic carbocycles. The molecule has 0 radical (unpaired) electrons. The molecule has 0 aliphatic carbocycles. The van der Waals surface area contributed by atoms with Crippen LogP contribution in [0.5, 0.6) is 11.5 Å². The first kappa shape index (κ1) is 22.4. The van der Waals surface area contributed by atoms with Crippen molar-refractivity contribution in [3.05, 3.63) is 40.7 Å². The van der Waals surface area contributed by atoms with Crippen molar-refractivity contribution in [2.45, 2.75) is 53.2 Å². The minimum absolute atomic E-state index is 0.111. The zero-order chi connectivity index (χ0) is 22.7. The molecule has 8 nitrogen and oxygen atoms in total. The Morgan fingerprint density at radius 2 is 2.13 bits per heavy atom. The van der Waals surface area contributed by atoms with Crippen molar-refractivity contribution in [1.29, 1.82) is 0 Å². The number of fused-ring (bicyclic) bond motifs is 1. The maximum atomic E-state index is 12.4. The maximum absolute atomic E-state index is 12.4. The molecule has 1 N–H and O–H groups in total. The molecule has 166 valence electrons. The lowest BCUT2D eigenvalue weighted by atomic mass is 10.1. The minimum atomic E-state index is -0.966. The summed E-state index contributed by atoms with van der Waals surface area (Å²) in [4.78, 5) is 24.7. The Kier molecular flexibility index (Phi) is 6.68. The molecular formula is C23H29N3O5. The van der Waals surface area contributed by atoms with E-state index in [9.17, 15) is 9.59 Å². The number of nitrogens with one attached hydrogen (secondary N) is 1. The SMILES string of the molecule is CCOc1cc2c(cc1/C=C/C(=O)O[C@@H](C)C(=O)Nc1c(C)nn(C)c1C)O[C@H](C)C2. The molecular weight excluding hydrogens is 398 g/mol. The maximum Gasteiger partial charge on any atom is 0.331 e. The smallest absolute Gasteiger partial charge is 0.331 e. The zero-order valence-corrected chi connectivity index (χ0v) is 18.8. The monoisotopic (exact) mass is 427 g/mol. The van der Waals surface area contributed by atoms with Crippen molar-refractivity contribution in [1.82, 2.24) is 9.78 Å². The van der Waals surface area contributed by atoms with E-state index in [-0.39, 0.29) is 6.10 Å². The molecule has 0 spiro atoms. The number of carbonyl (C=O) groups is 2. The molecule has 1 amide bonds. The van der Waals surface area contributed by atoms with E-state index in [1.807, 2.05) is 32.9 Å². The molecule has 2 atom stereocenters. The van der Waals surface area contributed by atoms with Crippen LogP contribution in [0.15, 0.2) is 18.2 Å². The predicted molar refractivity (Wildman–Crippen MR) is 117 cm³/mol. The van der Waals surface area contributed by atoms with E-state index in [1.54, 1.807) is 24.7 Å². The van der Waals surface area contributed by atoms with Gasteiger partial charge < -0.3 is 19.5 Å². The normalized spacial score (nSPS) is 16.0. The molecule has 0 bridgehead atoms. The van der Waals surface area contributed by atoms with E-state index in [4.69, 9.17) is 14.2 Å². The van der Waals surface area contributed by atoms with Crippen LogP contribution in [0.1, 0.15) is 43.3 Å². The Morgan fingerprint density at radius 3 is 2.77 bits per heavy atom. The summed E-state index contributed by atoms with van der Waals surface area (Å²) in [6.07, 6.45) is 2.86. The van der Waals surface area contributed by atoms with Crippen LogP contribution in [0.25, 0.3) is 6.08 Å². The fraction of sp³-hybridized carbons (Fsp3) is 0.435. The van der Waals surface area contributed by atoms with Crippen LogP contribution in [-0.2, 0) is 27.8 Å². The molecule has 1 aliphatic heterocycles. The van der Waals surface area contributed by atoms with Gasteiger partial charge in [-0.05, 0) is 52.8 Å². The molecule has 31 heavy (non-hydrogen) atoms. The first-order valence-electron chi connectivity index (χ1n) is 10.4. The number of aryl methyl sites for hydroxylation is 2. The zero-order valence-electron chi connectivity index (χ0n) is 18.8. The minimum Gasteiger partial charge on any atom is -0.493 e. The van der Waals surface area contributed by atoms with Gasteiger partial charge in [0, 0.05) is 30.7 Å². The molecule has 3 rings (SSSR count). The quantitative estimate of drug-likeness (QED) is 0.538. The number of esters is 1. The summed E-state index contributed by atoms with van der Waals surface area (Å²) in [6.45, 7) is 9.60. The van der Waals surface area contributed by atoms with E-state index in [2.05, 4.69) is 10.4 Å². The Labute approximate surface area is 182 Å². The van der Waals surface area contributed by atoms with Crippen LogP contribution in [0.4, 0.5) is 5.69 Å². The highest BCUT2D eigenvalue weighted by Crippen LogP contribution is 2.35. The predicted octanol–water partition coefficient (Wildman–Crippen LogP) is 3.34. The van der Waals surface area contributed by atoms with Gasteiger partial charge in [0.05, 0.1) is 23.7 Å². The lowest BCUT2D eigenvalue weighted by Gasteiger charge is -2.13. The number of anilines is 1. The number of hydrogen-bond donors (Lipinski definition) is 1. The molecule has 8 heteroatoms. The third-order valence-electron chi connectivity index (χ3n) is 5.15. The molecule has 2 aromatic rings. The van der Waals surface area contributed by atoms with Gasteiger partial charge in [-0.3, -0.25) is 9.48 Å². The van der Waals surface area contributed by atoms with Gasteiger partial charge in [0.15, 0.2) is 6.10 Å². The van der Waals surface area contributed by atoms with Gasteiger partial charge in [0.25, 0.3) is 5.91 Å². The van der Waals surface area contributed by atoms with Crippen molar-refractivity contribution >= 4 is 23.6 Å². The van der Waals surface area contributed by atoms with Crippen LogP contribution in [0.2, 0.25) is 0 Å². The highest BCUT2D eigenvalue weighted by Gasteiger charge is 2.22. The molecule has 0 unspecified atom stereocenters. The van der Waals surface area contributed by atoms with Gasteiger partial charge in [-0.1, -0.05) is 0 Å². The van der Waals surface area contributed by atoms with Crippen molar-refractivity contribution in [2.24, 2.45) is 7.05 Å². The number of carbonyl (C=O) groups excluding carboxylic acids is 2. The Bertz CT molecular complexity index is 1020. The second-order valence-electron chi connectivity index (χ2n) is 7.63. The van der Waals surface area contributed by atoms with Gasteiger partial charge >= 0.3 is 5.97 Å². The lowest BCUT2D eigenvalue weighted by molar-refractivity contribution is -0.148. The summed E-state index contributed by atoms with van der Waals surface area (Å²) in [6, 6.07) is 3.81. The highest BCUT2D eigenvalue weighted by atomic mass is 16.5. The number of rotatable bonds is 7. The first-order chi connectivity index (χ1) is 14.7. The van der Waals surface area contributed by atoms with Crippen molar-refractivity contribution < 1.29 is 23.8 Å². The largest absolute Gasteiger partial charge is 0.493 e. The summed E-state index contributed by atoms with van der Waals surface area (Å²) >= 11 is 0. The van der Waals surface area contributed by atoms with Crippen LogP contribution in [-0.4, -0.2) is 40.5 Å². The van der Waals surface area contributed by atoms with Crippen molar-refractivity contribution in [2.75, 3.05) is 11.9 Å². The average molecular weight is 428 g/mol. The van der Waals surface area contributed by atoms with Gasteiger partial charge in [-0.2, -0.15) is 5.10 Å². The lowest BCUT2D eigenvalue weighted by Crippen LogP contribution is -2.29. The molecule has 1 aromatic heterocycles. The van der Waals surface area contributed by atoms with Crippen molar-refractivity contribution in [3.63, 3.8) is 0 Å². The number of aromatic nitrogens is 2. The molecule has 0 fully saturated rings. The van der Waals surface area contributed by atoms with Gasteiger partial charge in [0.2, 0.25) is 0 Å². The van der Waals surface area contributed by atoms with Gasteiger partial charge in [0.1, 0.15) is 17.6 Å². The van der Waals surface area contributed by atoms with E-state index >= 15 is 0 Å². The fourth-order valence-corrected chi connectivity index (χ4v) is 3.47. The molecule has 1 aliphatic rings. The van der Waals surface area contributed by atoms with Crippen LogP contribution in [0, 0.1) is 13.8 Å². The summed E-state index contributed by atoms with van der Waals surface area (Å²) in [5, 5.41) is 7.04. The third kappa shape index (κ3) is 5.07. The fourth-order valence-electron chi connectivity index (χ4n) is 3.47. The van der Waals surface area contributed by atoms with Crippen LogP contribution in [0.3, 0.4) is 0 Å². The summed E-state index contributed by atoms with van der Waals surface area (Å²) in [7, 11) is 1.80. The number of benzene rings is 1. The Morgan fingerprint density at radius 1 is 1.39 bits per heavy atom. The van der Waals surface area contributed by atoms with Crippen molar-refractivity contribution in [3.8, 4) is 11.5 Å². The summed E-state index contributed by atoms with van der Waals surface area (Å²) in [5.41, 5.74) is 3.94. The molecule has 2 heterocycles. The Balaban J connectivity index is 1.66. The summed E-state index contributed by atoms with van der Waals surface area (Å²) in [5.74, 6) is 0.422. The second-order valence-corrected chi connectivity index (χ2v) is 7.63. The third-order valence-corrected chi connectivity index (χ3v) is 5.15. The second kappa shape index (κ2) is 9.24. The van der Waals surface area contributed by atoms with Gasteiger partial charge in [-0.15, -0.1) is 0 Å². The average Bonchev–Trinajstić information content (AvgIpc) is 3.18. The van der Waals surface area contributed by atoms with E-state index in [0.29, 0.717) is 29.3 Å². The van der Waals surface area contributed by atoms with Crippen LogP contribution >= 0.6 is 0 Å². The number of nitrogens with zero attached hydrogens (tertiary/aromatic N) is 2. The number of ether oxygens (including phenoxy) is 3. The topological polar surface area (TPSA) is 91.7 Å². The van der Waals surface area contributed by atoms with E-state index in [0.717, 1.165) is 23.4 Å². The summed E-state index contributed by atoms with van der Waals surface area (Å²) < 4.78 is 18.5. The van der Waals surface area contributed by atoms with Crippen LogP contribution < -0.4 is 14.8 Å². The Hall–Kier alpha value is -3.29. The first-order valence-corrected chi connectivity index (χ1v) is 10.4. The van der Waals surface area contributed by atoms with E-state index < -0.39 is 18.0 Å². The number of hydrogen-bond acceptors (Lipinski definition) is 6. The van der Waals surface area contributed by atoms with E-state index in [1.165, 1.54) is 13.0 Å². The molecule has 0 saturated carbocycles. The highest BCUT2D eigenvalue weighted by molar-refractivity contribution is 5.97. The molecule has 0 saturated heterocycles. The van der Waals surface area contributed by atoms with Gasteiger partial charge in [-0.25, -0.2) is 4.79 Å². The number of amides is 1. The standard InChI is InChI=1S/C23H29N3O5/c1-7-29-19-12-18-10-13(2)30-20(18)11-17(19)8-9-21(27)31-16(5)23(28)24-22-14(3)25-26(6)15(22)4/h8-9,11-13,16H,7,10H2,1-6H3,(H,24,28)/b9-8+/t13-,16+/m1/s1.